The molecule has 1 saturated carbocycles. The van der Waals surface area contributed by atoms with Crippen LogP contribution < -0.4 is 5.32 Å². The van der Waals surface area contributed by atoms with Crippen LogP contribution >= 0.6 is 0 Å². The number of hydrogen-bond donors (Lipinski definition) is 2. The molecule has 0 bridgehead atoms. The first-order valence-corrected chi connectivity index (χ1v) is 4.81. The minimum atomic E-state index is 0.331. The van der Waals surface area contributed by atoms with Gasteiger partial charge in [0.25, 0.3) is 0 Å². The summed E-state index contributed by atoms with van der Waals surface area (Å²) in [7, 11) is 0. The molecule has 2 heteroatoms. The zero-order valence-electron chi connectivity index (χ0n) is 7.83. The second kappa shape index (κ2) is 3.29. The maximum atomic E-state index is 9.24. The van der Waals surface area contributed by atoms with E-state index < -0.39 is 0 Å². The van der Waals surface area contributed by atoms with Crippen LogP contribution in [0.4, 0.5) is 5.69 Å². The first kappa shape index (κ1) is 8.42. The highest BCUT2D eigenvalue weighted by molar-refractivity contribution is 5.48. The number of benzene rings is 1. The van der Waals surface area contributed by atoms with E-state index in [1.165, 1.54) is 12.8 Å². The van der Waals surface area contributed by atoms with Gasteiger partial charge in [-0.15, -0.1) is 0 Å². The van der Waals surface area contributed by atoms with Crippen molar-refractivity contribution < 1.29 is 5.11 Å². The molecule has 2 unspecified atom stereocenters. The van der Waals surface area contributed by atoms with Crippen LogP contribution in [0, 0.1) is 5.92 Å². The molecule has 0 aromatic heterocycles. The van der Waals surface area contributed by atoms with Crippen molar-refractivity contribution in [1.82, 2.24) is 0 Å². The van der Waals surface area contributed by atoms with Crippen molar-refractivity contribution >= 4 is 5.69 Å². The molecule has 0 saturated heterocycles. The number of phenols is 1. The number of rotatable bonds is 2. The van der Waals surface area contributed by atoms with E-state index in [9.17, 15) is 5.11 Å². The molecule has 1 aromatic carbocycles. The van der Waals surface area contributed by atoms with Gasteiger partial charge in [0.1, 0.15) is 5.75 Å². The molecule has 1 aromatic rings. The van der Waals surface area contributed by atoms with Crippen molar-refractivity contribution in [3.8, 4) is 5.75 Å². The molecule has 70 valence electrons. The molecular weight excluding hydrogens is 162 g/mol. The average molecular weight is 177 g/mol. The second-order valence-corrected chi connectivity index (χ2v) is 3.86. The van der Waals surface area contributed by atoms with Gasteiger partial charge in [0.05, 0.1) is 0 Å². The highest BCUT2D eigenvalue weighted by Gasteiger charge is 2.26. The monoisotopic (exact) mass is 177 g/mol. The van der Waals surface area contributed by atoms with Gasteiger partial charge >= 0.3 is 0 Å². The maximum absolute atomic E-state index is 9.24. The lowest BCUT2D eigenvalue weighted by Gasteiger charge is -2.35. The first-order valence-electron chi connectivity index (χ1n) is 4.81. The largest absolute Gasteiger partial charge is 0.508 e. The van der Waals surface area contributed by atoms with Crippen LogP contribution in [0.3, 0.4) is 0 Å². The fourth-order valence-electron chi connectivity index (χ4n) is 1.69. The quantitative estimate of drug-likeness (QED) is 0.727. The minimum absolute atomic E-state index is 0.331. The van der Waals surface area contributed by atoms with Gasteiger partial charge in [-0.25, -0.2) is 0 Å². The summed E-state index contributed by atoms with van der Waals surface area (Å²) in [6, 6.07) is 7.91. The van der Waals surface area contributed by atoms with Crippen LogP contribution in [0.25, 0.3) is 0 Å². The maximum Gasteiger partial charge on any atom is 0.117 e. The molecule has 1 aliphatic carbocycles. The Hall–Kier alpha value is -1.18. The third kappa shape index (κ3) is 1.77. The van der Waals surface area contributed by atoms with Crippen molar-refractivity contribution in [2.45, 2.75) is 25.8 Å². The fourth-order valence-corrected chi connectivity index (χ4v) is 1.69. The zero-order valence-corrected chi connectivity index (χ0v) is 7.83. The Bertz CT molecular complexity index is 298. The summed E-state index contributed by atoms with van der Waals surface area (Å²) in [5.41, 5.74) is 1.02. The predicted octanol–water partition coefficient (Wildman–Crippen LogP) is 2.60. The standard InChI is InChI=1S/C11H15NO/c1-8-5-6-11(8)12-9-3-2-4-10(13)7-9/h2-4,7-8,11-13H,5-6H2,1H3. The highest BCUT2D eigenvalue weighted by Crippen LogP contribution is 2.30. The van der Waals surface area contributed by atoms with Gasteiger partial charge in [-0.3, -0.25) is 0 Å². The average Bonchev–Trinajstić information content (AvgIpc) is 2.12. The van der Waals surface area contributed by atoms with E-state index in [4.69, 9.17) is 0 Å². The fraction of sp³-hybridized carbons (Fsp3) is 0.455. The van der Waals surface area contributed by atoms with E-state index in [0.717, 1.165) is 11.6 Å². The Balaban J connectivity index is 2.01. The van der Waals surface area contributed by atoms with Crippen molar-refractivity contribution in [2.24, 2.45) is 5.92 Å². The molecule has 0 radical (unpaired) electrons. The zero-order chi connectivity index (χ0) is 9.26. The van der Waals surface area contributed by atoms with Crippen LogP contribution in [0.2, 0.25) is 0 Å². The second-order valence-electron chi connectivity index (χ2n) is 3.86. The van der Waals surface area contributed by atoms with Gasteiger partial charge in [0, 0.05) is 17.8 Å². The van der Waals surface area contributed by atoms with Crippen LogP contribution in [0.1, 0.15) is 19.8 Å². The molecular formula is C11H15NO. The third-order valence-corrected chi connectivity index (χ3v) is 2.82. The molecule has 0 aliphatic heterocycles. The van der Waals surface area contributed by atoms with E-state index in [2.05, 4.69) is 12.2 Å². The van der Waals surface area contributed by atoms with Crippen LogP contribution in [-0.4, -0.2) is 11.1 Å². The van der Waals surface area contributed by atoms with Crippen LogP contribution in [-0.2, 0) is 0 Å². The molecule has 2 N–H and O–H groups in total. The Morgan fingerprint density at radius 3 is 2.77 bits per heavy atom. The molecule has 2 rings (SSSR count). The first-order chi connectivity index (χ1) is 6.25. The predicted molar refractivity (Wildman–Crippen MR) is 53.9 cm³/mol. The summed E-state index contributed by atoms with van der Waals surface area (Å²) in [4.78, 5) is 0. The molecule has 2 nitrogen and oxygen atoms in total. The molecule has 13 heavy (non-hydrogen) atoms. The van der Waals surface area contributed by atoms with Gasteiger partial charge in [0.2, 0.25) is 0 Å². The Labute approximate surface area is 78.6 Å². The molecule has 0 spiro atoms. The number of aromatic hydroxyl groups is 1. The number of phenolic OH excluding ortho intramolecular Hbond substituents is 1. The molecule has 2 atom stereocenters. The van der Waals surface area contributed by atoms with Gasteiger partial charge in [-0.05, 0) is 30.9 Å². The van der Waals surface area contributed by atoms with E-state index in [-0.39, 0.29) is 0 Å². The summed E-state index contributed by atoms with van der Waals surface area (Å²) < 4.78 is 0. The van der Waals surface area contributed by atoms with E-state index in [1.54, 1.807) is 12.1 Å². The third-order valence-electron chi connectivity index (χ3n) is 2.82. The summed E-state index contributed by atoms with van der Waals surface area (Å²) in [5, 5.41) is 12.7. The highest BCUT2D eigenvalue weighted by atomic mass is 16.3. The van der Waals surface area contributed by atoms with E-state index in [1.807, 2.05) is 12.1 Å². The van der Waals surface area contributed by atoms with Crippen molar-refractivity contribution in [1.29, 1.82) is 0 Å². The van der Waals surface area contributed by atoms with Gasteiger partial charge in [-0.2, -0.15) is 0 Å². The Morgan fingerprint density at radius 1 is 1.38 bits per heavy atom. The Morgan fingerprint density at radius 2 is 2.23 bits per heavy atom. The summed E-state index contributed by atoms with van der Waals surface area (Å²) >= 11 is 0. The van der Waals surface area contributed by atoms with Crippen molar-refractivity contribution in [2.75, 3.05) is 5.32 Å². The van der Waals surface area contributed by atoms with Gasteiger partial charge in [-0.1, -0.05) is 13.0 Å². The van der Waals surface area contributed by atoms with Crippen LogP contribution in [0.15, 0.2) is 24.3 Å². The topological polar surface area (TPSA) is 32.3 Å². The lowest BCUT2D eigenvalue weighted by Crippen LogP contribution is -2.36. The number of anilines is 1. The molecule has 0 amide bonds. The van der Waals surface area contributed by atoms with Gasteiger partial charge < -0.3 is 10.4 Å². The molecule has 0 heterocycles. The summed E-state index contributed by atoms with van der Waals surface area (Å²) in [6.07, 6.45) is 2.56. The number of nitrogens with one attached hydrogen (secondary N) is 1. The minimum Gasteiger partial charge on any atom is -0.508 e. The SMILES string of the molecule is CC1CCC1Nc1cccc(O)c1. The number of hydrogen-bond acceptors (Lipinski definition) is 2. The smallest absolute Gasteiger partial charge is 0.117 e. The summed E-state index contributed by atoms with van der Waals surface area (Å²) in [6.45, 7) is 2.25. The van der Waals surface area contributed by atoms with Gasteiger partial charge in [0.15, 0.2) is 0 Å². The van der Waals surface area contributed by atoms with Crippen molar-refractivity contribution in [3.05, 3.63) is 24.3 Å². The normalized spacial score (nSPS) is 26.5. The van der Waals surface area contributed by atoms with E-state index in [0.29, 0.717) is 11.8 Å². The summed E-state index contributed by atoms with van der Waals surface area (Å²) in [5.74, 6) is 1.10. The lowest BCUT2D eigenvalue weighted by atomic mass is 9.81. The van der Waals surface area contributed by atoms with Crippen LogP contribution in [0.5, 0.6) is 5.75 Å². The molecule has 1 aliphatic rings. The van der Waals surface area contributed by atoms with E-state index >= 15 is 0 Å². The Kier molecular flexibility index (Phi) is 2.13. The van der Waals surface area contributed by atoms with Crippen molar-refractivity contribution in [3.63, 3.8) is 0 Å². The molecule has 1 fully saturated rings. The lowest BCUT2D eigenvalue weighted by molar-refractivity contribution is 0.303.